The molecule has 2 unspecified atom stereocenters. The van der Waals surface area contributed by atoms with Crippen LogP contribution in [0.4, 0.5) is 0 Å². The summed E-state index contributed by atoms with van der Waals surface area (Å²) in [7, 11) is 0. The van der Waals surface area contributed by atoms with Crippen molar-refractivity contribution in [3.8, 4) is 0 Å². The number of halogens is 1. The van der Waals surface area contributed by atoms with Gasteiger partial charge in [0.25, 0.3) is 0 Å². The average molecular weight is 343 g/mol. The predicted octanol–water partition coefficient (Wildman–Crippen LogP) is 5.03. The molecule has 3 heteroatoms. The van der Waals surface area contributed by atoms with Gasteiger partial charge in [0.05, 0.1) is 0 Å². The van der Waals surface area contributed by atoms with Gasteiger partial charge in [0, 0.05) is 11.8 Å². The molecule has 1 fully saturated rings. The van der Waals surface area contributed by atoms with Crippen molar-refractivity contribution >= 4 is 21.9 Å². The molecule has 0 N–H and O–H groups in total. The number of carbonyl (C=O) groups excluding carboxylic acids is 1. The van der Waals surface area contributed by atoms with Gasteiger partial charge in [-0.15, -0.1) is 0 Å². The second-order valence-electron chi connectivity index (χ2n) is 6.69. The Hall–Kier alpha value is -0.570. The van der Waals surface area contributed by atoms with Crippen LogP contribution >= 0.6 is 15.9 Å². The van der Waals surface area contributed by atoms with Crippen LogP contribution in [0.1, 0.15) is 53.4 Å². The van der Waals surface area contributed by atoms with E-state index in [0.29, 0.717) is 10.7 Å². The summed E-state index contributed by atoms with van der Waals surface area (Å²) in [6, 6.07) is 0. The third-order valence-electron chi connectivity index (χ3n) is 4.66. The van der Waals surface area contributed by atoms with E-state index < -0.39 is 5.60 Å². The highest BCUT2D eigenvalue weighted by Gasteiger charge is 2.41. The van der Waals surface area contributed by atoms with Crippen LogP contribution in [0.25, 0.3) is 0 Å². The molecule has 20 heavy (non-hydrogen) atoms. The summed E-state index contributed by atoms with van der Waals surface area (Å²) in [5.41, 5.74) is 0.912. The first-order valence-corrected chi connectivity index (χ1v) is 8.19. The molecular formula is C17H27BrO2. The summed E-state index contributed by atoms with van der Waals surface area (Å²) in [4.78, 5) is 11.7. The van der Waals surface area contributed by atoms with Crippen molar-refractivity contribution in [3.63, 3.8) is 0 Å². The molecule has 0 radical (unpaired) electrons. The molecule has 0 bridgehead atoms. The number of allylic oxidation sites excluding steroid dienone is 1. The number of rotatable bonds is 5. The molecule has 0 aromatic heterocycles. The first kappa shape index (κ1) is 17.5. The van der Waals surface area contributed by atoms with Gasteiger partial charge in [-0.25, -0.2) is 0 Å². The number of hydrogen-bond acceptors (Lipinski definition) is 2. The Morgan fingerprint density at radius 1 is 1.60 bits per heavy atom. The zero-order valence-corrected chi connectivity index (χ0v) is 14.8. The third kappa shape index (κ3) is 3.97. The molecule has 0 saturated heterocycles. The van der Waals surface area contributed by atoms with Gasteiger partial charge in [-0.05, 0) is 50.0 Å². The Morgan fingerprint density at radius 3 is 2.70 bits per heavy atom. The van der Waals surface area contributed by atoms with Crippen molar-refractivity contribution in [2.45, 2.75) is 63.8 Å². The number of hydrogen-bond donors (Lipinski definition) is 0. The topological polar surface area (TPSA) is 26.3 Å². The summed E-state index contributed by atoms with van der Waals surface area (Å²) in [6.07, 6.45) is 5.69. The van der Waals surface area contributed by atoms with E-state index >= 15 is 0 Å². The fourth-order valence-corrected chi connectivity index (χ4v) is 3.68. The maximum absolute atomic E-state index is 11.2. The van der Waals surface area contributed by atoms with E-state index in [9.17, 15) is 4.79 Å². The van der Waals surface area contributed by atoms with E-state index in [1.807, 2.05) is 6.92 Å². The minimum absolute atomic E-state index is 0.174. The third-order valence-corrected chi connectivity index (χ3v) is 6.29. The first-order valence-electron chi connectivity index (χ1n) is 7.27. The number of carbonyl (C=O) groups is 1. The number of ether oxygens (including phenoxy) is 1. The van der Waals surface area contributed by atoms with E-state index in [2.05, 4.69) is 42.9 Å². The Bertz CT molecular complexity index is 400. The molecule has 0 aromatic rings. The maximum atomic E-state index is 11.2. The molecular weight excluding hydrogens is 316 g/mol. The molecule has 1 aliphatic carbocycles. The molecule has 1 aliphatic rings. The molecule has 0 heterocycles. The smallest absolute Gasteiger partial charge is 0.303 e. The SMILES string of the molecule is C=CC(C)(CCC1C(=C)CC[C@H](Br)C1(C)C)OC(C)=O. The van der Waals surface area contributed by atoms with Gasteiger partial charge < -0.3 is 4.74 Å². The quantitative estimate of drug-likeness (QED) is 0.398. The lowest BCUT2D eigenvalue weighted by molar-refractivity contribution is -0.151. The van der Waals surface area contributed by atoms with Crippen LogP contribution in [0.5, 0.6) is 0 Å². The van der Waals surface area contributed by atoms with Crippen LogP contribution in [0.15, 0.2) is 24.8 Å². The first-order chi connectivity index (χ1) is 9.12. The van der Waals surface area contributed by atoms with Crippen LogP contribution in [0, 0.1) is 11.3 Å². The van der Waals surface area contributed by atoms with Crippen LogP contribution in [-0.4, -0.2) is 16.4 Å². The summed E-state index contributed by atoms with van der Waals surface area (Å²) in [6.45, 7) is 16.0. The average Bonchev–Trinajstić information content (AvgIpc) is 2.33. The van der Waals surface area contributed by atoms with Crippen molar-refractivity contribution in [1.82, 2.24) is 0 Å². The van der Waals surface area contributed by atoms with Gasteiger partial charge in [0.1, 0.15) is 5.60 Å². The highest BCUT2D eigenvalue weighted by atomic mass is 79.9. The molecule has 2 nitrogen and oxygen atoms in total. The molecule has 0 spiro atoms. The van der Waals surface area contributed by atoms with E-state index in [4.69, 9.17) is 4.74 Å². The second-order valence-corrected chi connectivity index (χ2v) is 7.79. The van der Waals surface area contributed by atoms with Crippen LogP contribution < -0.4 is 0 Å². The standard InChI is InChI=1S/C17H27BrO2/c1-7-17(6,20-13(3)19)11-10-14-12(2)8-9-15(18)16(14,4)5/h7,14-15H,1-2,8-11H2,3-6H3/t14?,15-,17?/m0/s1. The zero-order valence-electron chi connectivity index (χ0n) is 13.2. The van der Waals surface area contributed by atoms with Gasteiger partial charge in [0.15, 0.2) is 0 Å². The highest BCUT2D eigenvalue weighted by Crippen LogP contribution is 2.49. The van der Waals surface area contributed by atoms with Crippen molar-refractivity contribution in [2.24, 2.45) is 11.3 Å². The van der Waals surface area contributed by atoms with Crippen LogP contribution in [0.3, 0.4) is 0 Å². The van der Waals surface area contributed by atoms with Gasteiger partial charge in [-0.2, -0.15) is 0 Å². The fourth-order valence-electron chi connectivity index (χ4n) is 3.13. The highest BCUT2D eigenvalue weighted by molar-refractivity contribution is 9.09. The molecule has 1 saturated carbocycles. The molecule has 114 valence electrons. The lowest BCUT2D eigenvalue weighted by atomic mass is 9.64. The van der Waals surface area contributed by atoms with Crippen molar-refractivity contribution in [1.29, 1.82) is 0 Å². The van der Waals surface area contributed by atoms with Crippen molar-refractivity contribution in [2.75, 3.05) is 0 Å². The van der Waals surface area contributed by atoms with Gasteiger partial charge in [0.2, 0.25) is 0 Å². The van der Waals surface area contributed by atoms with Gasteiger partial charge in [-0.3, -0.25) is 4.79 Å². The lowest BCUT2D eigenvalue weighted by Crippen LogP contribution is -2.39. The van der Waals surface area contributed by atoms with E-state index in [1.165, 1.54) is 12.5 Å². The lowest BCUT2D eigenvalue weighted by Gasteiger charge is -2.45. The normalized spacial score (nSPS) is 28.6. The largest absolute Gasteiger partial charge is 0.455 e. The molecule has 0 aliphatic heterocycles. The van der Waals surface area contributed by atoms with E-state index in [1.54, 1.807) is 6.08 Å². The summed E-state index contributed by atoms with van der Waals surface area (Å²) >= 11 is 3.81. The van der Waals surface area contributed by atoms with Crippen LogP contribution in [0.2, 0.25) is 0 Å². The summed E-state index contributed by atoms with van der Waals surface area (Å²) < 4.78 is 5.41. The Balaban J connectivity index is 2.77. The van der Waals surface area contributed by atoms with Gasteiger partial charge in [-0.1, -0.05) is 48.5 Å². The predicted molar refractivity (Wildman–Crippen MR) is 88.0 cm³/mol. The zero-order chi connectivity index (χ0) is 15.6. The Morgan fingerprint density at radius 2 is 2.20 bits per heavy atom. The molecule has 0 aromatic carbocycles. The molecule has 3 atom stereocenters. The second kappa shape index (κ2) is 6.46. The van der Waals surface area contributed by atoms with Crippen LogP contribution in [-0.2, 0) is 9.53 Å². The number of alkyl halides is 1. The fraction of sp³-hybridized carbons (Fsp3) is 0.706. The van der Waals surface area contributed by atoms with Gasteiger partial charge >= 0.3 is 5.97 Å². The van der Waals surface area contributed by atoms with E-state index in [-0.39, 0.29) is 11.4 Å². The number of esters is 1. The monoisotopic (exact) mass is 342 g/mol. The van der Waals surface area contributed by atoms with Crippen molar-refractivity contribution in [3.05, 3.63) is 24.8 Å². The minimum Gasteiger partial charge on any atom is -0.455 e. The maximum Gasteiger partial charge on any atom is 0.303 e. The summed E-state index contributed by atoms with van der Waals surface area (Å²) in [5, 5.41) is 0. The van der Waals surface area contributed by atoms with Crippen molar-refractivity contribution < 1.29 is 9.53 Å². The minimum atomic E-state index is -0.582. The summed E-state index contributed by atoms with van der Waals surface area (Å²) in [5.74, 6) is 0.183. The van der Waals surface area contributed by atoms with E-state index in [0.717, 1.165) is 25.7 Å². The Labute approximate surface area is 131 Å². The molecule has 1 rings (SSSR count). The Kier molecular flexibility index (Phi) is 5.65. The molecule has 0 amide bonds.